The number of hydrogen-bond donors (Lipinski definition) is 1. The van der Waals surface area contributed by atoms with E-state index in [0.717, 1.165) is 29.9 Å². The molecule has 0 aliphatic carbocycles. The predicted molar refractivity (Wildman–Crippen MR) is 96.0 cm³/mol. The zero-order valence-electron chi connectivity index (χ0n) is 12.9. The second kappa shape index (κ2) is 7.84. The number of furan rings is 1. The van der Waals surface area contributed by atoms with Crippen molar-refractivity contribution in [2.24, 2.45) is 0 Å². The molecule has 1 aromatic heterocycles. The number of halogens is 3. The minimum atomic E-state index is -0.213. The second-order valence-corrected chi connectivity index (χ2v) is 6.29. The Labute approximate surface area is 150 Å². The highest BCUT2D eigenvalue weighted by Crippen LogP contribution is 2.31. The van der Waals surface area contributed by atoms with Gasteiger partial charge in [-0.1, -0.05) is 35.3 Å². The van der Waals surface area contributed by atoms with Crippen LogP contribution in [0.1, 0.15) is 11.3 Å². The first-order valence-corrected chi connectivity index (χ1v) is 8.37. The van der Waals surface area contributed by atoms with Crippen molar-refractivity contribution in [2.75, 3.05) is 6.54 Å². The van der Waals surface area contributed by atoms with E-state index in [4.69, 9.17) is 27.6 Å². The van der Waals surface area contributed by atoms with E-state index in [-0.39, 0.29) is 5.82 Å². The van der Waals surface area contributed by atoms with E-state index in [1.807, 2.05) is 12.1 Å². The molecule has 2 nitrogen and oxygen atoms in total. The first kappa shape index (κ1) is 17.0. The largest absolute Gasteiger partial charge is 0.460 e. The monoisotopic (exact) mass is 363 g/mol. The third-order valence-corrected chi connectivity index (χ3v) is 4.22. The molecule has 0 atom stereocenters. The van der Waals surface area contributed by atoms with Gasteiger partial charge in [0.25, 0.3) is 0 Å². The van der Waals surface area contributed by atoms with E-state index in [9.17, 15) is 4.39 Å². The van der Waals surface area contributed by atoms with Crippen LogP contribution in [0.4, 0.5) is 4.39 Å². The third kappa shape index (κ3) is 4.38. The Morgan fingerprint density at radius 2 is 1.75 bits per heavy atom. The molecule has 124 valence electrons. The lowest BCUT2D eigenvalue weighted by atomic mass is 10.1. The minimum Gasteiger partial charge on any atom is -0.460 e. The van der Waals surface area contributed by atoms with E-state index in [1.165, 1.54) is 12.1 Å². The Kier molecular flexibility index (Phi) is 5.56. The van der Waals surface area contributed by atoms with Crippen molar-refractivity contribution in [3.8, 4) is 11.3 Å². The number of rotatable bonds is 6. The molecule has 1 heterocycles. The maximum absolute atomic E-state index is 12.8. The number of nitrogens with one attached hydrogen (secondary N) is 1. The van der Waals surface area contributed by atoms with Crippen molar-refractivity contribution in [2.45, 2.75) is 13.0 Å². The van der Waals surface area contributed by atoms with Crippen molar-refractivity contribution in [3.05, 3.63) is 81.8 Å². The normalized spacial score (nSPS) is 11.0. The molecule has 2 aromatic carbocycles. The van der Waals surface area contributed by atoms with Gasteiger partial charge in [0.05, 0.1) is 11.6 Å². The molecule has 3 rings (SSSR count). The second-order valence-electron chi connectivity index (χ2n) is 5.44. The summed E-state index contributed by atoms with van der Waals surface area (Å²) in [6.07, 6.45) is 0.827. The Hall–Kier alpha value is -1.81. The van der Waals surface area contributed by atoms with Crippen molar-refractivity contribution in [1.29, 1.82) is 0 Å². The standard InChI is InChI=1S/C19H16Cl2FNO/c20-14-3-7-18(21)17(11-14)19-8-6-16(24-19)12-23-10-9-13-1-4-15(22)5-2-13/h1-8,11,23H,9-10,12H2. The molecule has 0 fully saturated rings. The highest BCUT2D eigenvalue weighted by molar-refractivity contribution is 6.35. The number of benzene rings is 2. The topological polar surface area (TPSA) is 25.2 Å². The molecule has 5 heteroatoms. The summed E-state index contributed by atoms with van der Waals surface area (Å²) in [5.74, 6) is 1.30. The molecule has 0 bridgehead atoms. The van der Waals surface area contributed by atoms with Crippen LogP contribution >= 0.6 is 23.2 Å². The zero-order valence-corrected chi connectivity index (χ0v) is 14.4. The molecule has 0 amide bonds. The van der Waals surface area contributed by atoms with Crippen LogP contribution in [0.2, 0.25) is 10.0 Å². The molecular weight excluding hydrogens is 348 g/mol. The van der Waals surface area contributed by atoms with Crippen LogP contribution in [0, 0.1) is 5.82 Å². The summed E-state index contributed by atoms with van der Waals surface area (Å²) in [6, 6.07) is 15.6. The van der Waals surface area contributed by atoms with Crippen molar-refractivity contribution in [3.63, 3.8) is 0 Å². The molecule has 3 aromatic rings. The average molecular weight is 364 g/mol. The van der Waals surface area contributed by atoms with Crippen LogP contribution in [0.5, 0.6) is 0 Å². The first-order valence-electron chi connectivity index (χ1n) is 7.61. The summed E-state index contributed by atoms with van der Waals surface area (Å²) < 4.78 is 18.7. The van der Waals surface area contributed by atoms with Gasteiger partial charge in [-0.15, -0.1) is 0 Å². The molecule has 0 aliphatic rings. The lowest BCUT2D eigenvalue weighted by Gasteiger charge is -2.04. The van der Waals surface area contributed by atoms with Gasteiger partial charge in [-0.2, -0.15) is 0 Å². The first-order chi connectivity index (χ1) is 11.6. The SMILES string of the molecule is Fc1ccc(CCNCc2ccc(-c3cc(Cl)ccc3Cl)o2)cc1. The Morgan fingerprint density at radius 3 is 2.54 bits per heavy atom. The summed E-state index contributed by atoms with van der Waals surface area (Å²) in [4.78, 5) is 0. The van der Waals surface area contributed by atoms with Crippen LogP contribution < -0.4 is 5.32 Å². The fourth-order valence-corrected chi connectivity index (χ4v) is 2.78. The van der Waals surface area contributed by atoms with Gasteiger partial charge in [0.15, 0.2) is 0 Å². The molecular formula is C19H16Cl2FNO. The lowest BCUT2D eigenvalue weighted by Crippen LogP contribution is -2.16. The molecule has 0 saturated carbocycles. The van der Waals surface area contributed by atoms with Crippen LogP contribution in [0.3, 0.4) is 0 Å². The average Bonchev–Trinajstić information content (AvgIpc) is 3.04. The maximum Gasteiger partial charge on any atom is 0.135 e. The van der Waals surface area contributed by atoms with Gasteiger partial charge in [0, 0.05) is 10.6 Å². The van der Waals surface area contributed by atoms with Crippen molar-refractivity contribution < 1.29 is 8.81 Å². The van der Waals surface area contributed by atoms with Gasteiger partial charge < -0.3 is 9.73 Å². The summed E-state index contributed by atoms with van der Waals surface area (Å²) in [6.45, 7) is 1.39. The molecule has 1 N–H and O–H groups in total. The van der Waals surface area contributed by atoms with Crippen LogP contribution in [-0.4, -0.2) is 6.54 Å². The van der Waals surface area contributed by atoms with Gasteiger partial charge in [-0.05, 0) is 61.0 Å². The smallest absolute Gasteiger partial charge is 0.135 e. The van der Waals surface area contributed by atoms with E-state index in [0.29, 0.717) is 22.4 Å². The Morgan fingerprint density at radius 1 is 0.958 bits per heavy atom. The van der Waals surface area contributed by atoms with E-state index < -0.39 is 0 Å². The Bertz CT molecular complexity index is 814. The quantitative estimate of drug-likeness (QED) is 0.566. The summed E-state index contributed by atoms with van der Waals surface area (Å²) >= 11 is 12.2. The molecule has 0 unspecified atom stereocenters. The summed E-state index contributed by atoms with van der Waals surface area (Å²) in [5.41, 5.74) is 1.87. The van der Waals surface area contributed by atoms with Crippen molar-refractivity contribution >= 4 is 23.2 Å². The summed E-state index contributed by atoms with van der Waals surface area (Å²) in [5, 5.41) is 4.53. The number of hydrogen-bond acceptors (Lipinski definition) is 2. The van der Waals surface area contributed by atoms with Crippen LogP contribution in [0.25, 0.3) is 11.3 Å². The fourth-order valence-electron chi connectivity index (χ4n) is 2.40. The van der Waals surface area contributed by atoms with Gasteiger partial charge in [-0.3, -0.25) is 0 Å². The molecule has 0 aliphatic heterocycles. The highest BCUT2D eigenvalue weighted by Gasteiger charge is 2.09. The van der Waals surface area contributed by atoms with E-state index in [2.05, 4.69) is 5.32 Å². The minimum absolute atomic E-state index is 0.213. The predicted octanol–water partition coefficient (Wildman–Crippen LogP) is 5.72. The van der Waals surface area contributed by atoms with E-state index >= 15 is 0 Å². The third-order valence-electron chi connectivity index (χ3n) is 3.66. The van der Waals surface area contributed by atoms with Gasteiger partial charge in [0.1, 0.15) is 17.3 Å². The van der Waals surface area contributed by atoms with Gasteiger partial charge in [0.2, 0.25) is 0 Å². The lowest BCUT2D eigenvalue weighted by molar-refractivity contribution is 0.495. The molecule has 0 saturated heterocycles. The maximum atomic E-state index is 12.8. The highest BCUT2D eigenvalue weighted by atomic mass is 35.5. The zero-order chi connectivity index (χ0) is 16.9. The van der Waals surface area contributed by atoms with Gasteiger partial charge >= 0.3 is 0 Å². The van der Waals surface area contributed by atoms with E-state index in [1.54, 1.807) is 30.3 Å². The van der Waals surface area contributed by atoms with Crippen molar-refractivity contribution in [1.82, 2.24) is 5.32 Å². The molecule has 0 spiro atoms. The molecule has 24 heavy (non-hydrogen) atoms. The van der Waals surface area contributed by atoms with Crippen LogP contribution in [0.15, 0.2) is 59.0 Å². The fraction of sp³-hybridized carbons (Fsp3) is 0.158. The Balaban J connectivity index is 1.54. The molecule has 0 radical (unpaired) electrons. The summed E-state index contributed by atoms with van der Waals surface area (Å²) in [7, 11) is 0. The van der Waals surface area contributed by atoms with Gasteiger partial charge in [-0.25, -0.2) is 4.39 Å². The van der Waals surface area contributed by atoms with Crippen LogP contribution in [-0.2, 0) is 13.0 Å².